The molecule has 106 valence electrons. The van der Waals surface area contributed by atoms with E-state index >= 15 is 0 Å². The number of likely N-dealkylation sites (tertiary alicyclic amines) is 1. The van der Waals surface area contributed by atoms with Crippen LogP contribution in [0.25, 0.3) is 0 Å². The van der Waals surface area contributed by atoms with E-state index in [1.54, 1.807) is 12.1 Å². The summed E-state index contributed by atoms with van der Waals surface area (Å²) in [5.74, 6) is 0.223. The average Bonchev–Trinajstić information content (AvgIpc) is 2.98. The fraction of sp³-hybridized carbons (Fsp3) is 0.467. The van der Waals surface area contributed by atoms with E-state index in [2.05, 4.69) is 11.4 Å². The molecular formula is C15H18ClN3O. The zero-order valence-corrected chi connectivity index (χ0v) is 12.1. The van der Waals surface area contributed by atoms with Crippen molar-refractivity contribution in [2.75, 3.05) is 19.6 Å². The Labute approximate surface area is 124 Å². The lowest BCUT2D eigenvalue weighted by Gasteiger charge is -2.15. The van der Waals surface area contributed by atoms with Gasteiger partial charge in [0.15, 0.2) is 0 Å². The first-order valence-corrected chi connectivity index (χ1v) is 7.25. The quantitative estimate of drug-likeness (QED) is 0.847. The number of carbonyl (C=O) groups is 1. The highest BCUT2D eigenvalue weighted by Gasteiger charge is 2.16. The Kier molecular flexibility index (Phi) is 5.40. The van der Waals surface area contributed by atoms with Gasteiger partial charge in [0, 0.05) is 37.6 Å². The van der Waals surface area contributed by atoms with Gasteiger partial charge in [-0.2, -0.15) is 5.26 Å². The van der Waals surface area contributed by atoms with Crippen LogP contribution < -0.4 is 5.32 Å². The number of nitriles is 1. The summed E-state index contributed by atoms with van der Waals surface area (Å²) < 4.78 is 0. The van der Waals surface area contributed by atoms with E-state index in [1.807, 2.05) is 11.0 Å². The van der Waals surface area contributed by atoms with Crippen LogP contribution >= 0.6 is 11.6 Å². The molecule has 1 N–H and O–H groups in total. The summed E-state index contributed by atoms with van der Waals surface area (Å²) >= 11 is 6.09. The number of hydrogen-bond donors (Lipinski definition) is 1. The molecule has 1 heterocycles. The summed E-state index contributed by atoms with van der Waals surface area (Å²) in [6.07, 6.45) is 2.77. The molecule has 2 rings (SSSR count). The van der Waals surface area contributed by atoms with Gasteiger partial charge in [0.25, 0.3) is 0 Å². The molecule has 1 aromatic carbocycles. The minimum Gasteiger partial charge on any atom is -0.343 e. The number of rotatable bonds is 5. The van der Waals surface area contributed by atoms with Gasteiger partial charge in [0.1, 0.15) is 0 Å². The van der Waals surface area contributed by atoms with Gasteiger partial charge in [0.05, 0.1) is 11.6 Å². The highest BCUT2D eigenvalue weighted by molar-refractivity contribution is 6.31. The van der Waals surface area contributed by atoms with Gasteiger partial charge >= 0.3 is 0 Å². The molecule has 1 saturated heterocycles. The van der Waals surface area contributed by atoms with Gasteiger partial charge in [-0.05, 0) is 30.5 Å². The van der Waals surface area contributed by atoms with E-state index < -0.39 is 0 Å². The molecular weight excluding hydrogens is 274 g/mol. The normalized spacial score (nSPS) is 14.3. The topological polar surface area (TPSA) is 56.1 Å². The van der Waals surface area contributed by atoms with Crippen molar-refractivity contribution < 1.29 is 4.79 Å². The van der Waals surface area contributed by atoms with Crippen molar-refractivity contribution >= 4 is 17.5 Å². The highest BCUT2D eigenvalue weighted by Crippen LogP contribution is 2.17. The van der Waals surface area contributed by atoms with Crippen LogP contribution in [0.15, 0.2) is 18.2 Å². The fourth-order valence-electron chi connectivity index (χ4n) is 2.30. The summed E-state index contributed by atoms with van der Waals surface area (Å²) in [5.41, 5.74) is 1.50. The number of carbonyl (C=O) groups excluding carboxylic acids is 1. The number of nitrogens with zero attached hydrogens (tertiary/aromatic N) is 2. The molecule has 1 aliphatic rings. The lowest BCUT2D eigenvalue weighted by atomic mass is 10.1. The largest absolute Gasteiger partial charge is 0.343 e. The van der Waals surface area contributed by atoms with E-state index in [4.69, 9.17) is 16.9 Å². The van der Waals surface area contributed by atoms with E-state index in [0.717, 1.165) is 31.5 Å². The Morgan fingerprint density at radius 3 is 2.80 bits per heavy atom. The van der Waals surface area contributed by atoms with Crippen LogP contribution in [-0.2, 0) is 11.3 Å². The maximum absolute atomic E-state index is 11.8. The predicted molar refractivity (Wildman–Crippen MR) is 78.3 cm³/mol. The molecule has 1 aliphatic heterocycles. The van der Waals surface area contributed by atoms with Crippen molar-refractivity contribution in [3.63, 3.8) is 0 Å². The molecule has 1 amide bonds. The Balaban J connectivity index is 1.73. The second kappa shape index (κ2) is 7.28. The zero-order chi connectivity index (χ0) is 14.4. The lowest BCUT2D eigenvalue weighted by molar-refractivity contribution is -0.130. The standard InChI is InChI=1S/C15H18ClN3O/c16-14-9-12(10-17)3-4-13(14)11-18-6-5-15(20)19-7-1-2-8-19/h3-4,9,18H,1-2,5-8,11H2. The van der Waals surface area contributed by atoms with Crippen LogP contribution in [0, 0.1) is 11.3 Å². The summed E-state index contributed by atoms with van der Waals surface area (Å²) in [5, 5.41) is 12.6. The molecule has 20 heavy (non-hydrogen) atoms. The van der Waals surface area contributed by atoms with Crippen LogP contribution in [0.5, 0.6) is 0 Å². The van der Waals surface area contributed by atoms with E-state index in [9.17, 15) is 4.79 Å². The van der Waals surface area contributed by atoms with E-state index in [0.29, 0.717) is 30.1 Å². The second-order valence-electron chi connectivity index (χ2n) is 4.93. The summed E-state index contributed by atoms with van der Waals surface area (Å²) in [7, 11) is 0. The molecule has 0 unspecified atom stereocenters. The Hall–Kier alpha value is -1.57. The molecule has 0 saturated carbocycles. The van der Waals surface area contributed by atoms with Crippen molar-refractivity contribution in [1.82, 2.24) is 10.2 Å². The van der Waals surface area contributed by atoms with Crippen molar-refractivity contribution in [2.24, 2.45) is 0 Å². The van der Waals surface area contributed by atoms with Crippen molar-refractivity contribution in [3.05, 3.63) is 34.3 Å². The third kappa shape index (κ3) is 3.96. The summed E-state index contributed by atoms with van der Waals surface area (Å²) in [4.78, 5) is 13.8. The van der Waals surface area contributed by atoms with Gasteiger partial charge < -0.3 is 10.2 Å². The van der Waals surface area contributed by atoms with Crippen LogP contribution in [0.2, 0.25) is 5.02 Å². The minimum atomic E-state index is 0.223. The maximum atomic E-state index is 11.8. The first-order valence-electron chi connectivity index (χ1n) is 6.88. The van der Waals surface area contributed by atoms with E-state index in [-0.39, 0.29) is 5.91 Å². The SMILES string of the molecule is N#Cc1ccc(CNCCC(=O)N2CCCC2)c(Cl)c1. The Bertz CT molecular complexity index is 518. The molecule has 0 bridgehead atoms. The zero-order valence-electron chi connectivity index (χ0n) is 11.4. The molecule has 0 atom stereocenters. The smallest absolute Gasteiger partial charge is 0.223 e. The van der Waals surface area contributed by atoms with Gasteiger partial charge in [-0.15, -0.1) is 0 Å². The third-order valence-electron chi connectivity index (χ3n) is 3.47. The maximum Gasteiger partial charge on any atom is 0.223 e. The first-order chi connectivity index (χ1) is 9.70. The Morgan fingerprint density at radius 2 is 2.15 bits per heavy atom. The number of nitrogens with one attached hydrogen (secondary N) is 1. The molecule has 1 fully saturated rings. The van der Waals surface area contributed by atoms with Crippen LogP contribution in [0.4, 0.5) is 0 Å². The van der Waals surface area contributed by atoms with Crippen LogP contribution in [0.1, 0.15) is 30.4 Å². The molecule has 0 aliphatic carbocycles. The number of halogens is 1. The number of amides is 1. The third-order valence-corrected chi connectivity index (χ3v) is 3.82. The number of benzene rings is 1. The highest BCUT2D eigenvalue weighted by atomic mass is 35.5. The molecule has 0 aromatic heterocycles. The monoisotopic (exact) mass is 291 g/mol. The fourth-order valence-corrected chi connectivity index (χ4v) is 2.55. The molecule has 0 spiro atoms. The molecule has 5 heteroatoms. The van der Waals surface area contributed by atoms with Gasteiger partial charge in [-0.1, -0.05) is 17.7 Å². The Morgan fingerprint density at radius 1 is 1.40 bits per heavy atom. The lowest BCUT2D eigenvalue weighted by Crippen LogP contribution is -2.30. The number of hydrogen-bond acceptors (Lipinski definition) is 3. The van der Waals surface area contributed by atoms with Crippen molar-refractivity contribution in [2.45, 2.75) is 25.8 Å². The molecule has 1 aromatic rings. The van der Waals surface area contributed by atoms with E-state index in [1.165, 1.54) is 0 Å². The average molecular weight is 292 g/mol. The summed E-state index contributed by atoms with van der Waals surface area (Å²) in [6, 6.07) is 7.31. The first kappa shape index (κ1) is 14.8. The molecule has 0 radical (unpaired) electrons. The van der Waals surface area contributed by atoms with Gasteiger partial charge in [0.2, 0.25) is 5.91 Å². The summed E-state index contributed by atoms with van der Waals surface area (Å²) in [6.45, 7) is 3.06. The minimum absolute atomic E-state index is 0.223. The van der Waals surface area contributed by atoms with Crippen LogP contribution in [0.3, 0.4) is 0 Å². The van der Waals surface area contributed by atoms with Crippen molar-refractivity contribution in [3.8, 4) is 6.07 Å². The van der Waals surface area contributed by atoms with Crippen molar-refractivity contribution in [1.29, 1.82) is 5.26 Å². The second-order valence-corrected chi connectivity index (χ2v) is 5.34. The molecule has 4 nitrogen and oxygen atoms in total. The van der Waals surface area contributed by atoms with Crippen LogP contribution in [-0.4, -0.2) is 30.4 Å². The predicted octanol–water partition coefficient (Wildman–Crippen LogP) is 2.31. The van der Waals surface area contributed by atoms with Gasteiger partial charge in [-0.25, -0.2) is 0 Å². The van der Waals surface area contributed by atoms with Gasteiger partial charge in [-0.3, -0.25) is 4.79 Å².